The van der Waals surface area contributed by atoms with E-state index in [1.165, 1.54) is 31.3 Å². The van der Waals surface area contributed by atoms with Gasteiger partial charge in [0, 0.05) is 38.7 Å². The van der Waals surface area contributed by atoms with Gasteiger partial charge in [0.15, 0.2) is 11.6 Å². The lowest BCUT2D eigenvalue weighted by atomic mass is 9.44. The molecule has 0 aromatic heterocycles. The van der Waals surface area contributed by atoms with Gasteiger partial charge >= 0.3 is 0 Å². The number of amides is 2. The average Bonchev–Trinajstić information content (AvgIpc) is 3.41. The highest BCUT2D eigenvalue weighted by Gasteiger charge is 2.66. The lowest BCUT2D eigenvalue weighted by Gasteiger charge is -2.55. The molecule has 8 rings (SSSR count). The number of hydrogen-bond acceptors (Lipinski definition) is 7. The van der Waals surface area contributed by atoms with Gasteiger partial charge in [0.2, 0.25) is 11.8 Å². The molecule has 1 N–H and O–H groups in total. The number of anilines is 1. The minimum atomic E-state index is -1.51. The molecule has 1 aliphatic heterocycles. The number of aromatic hydroxyl groups is 1. The molecule has 2 amide bonds. The van der Waals surface area contributed by atoms with Gasteiger partial charge in [-0.3, -0.25) is 24.1 Å². The van der Waals surface area contributed by atoms with Crippen LogP contribution in [0.4, 0.5) is 5.69 Å². The summed E-state index contributed by atoms with van der Waals surface area (Å²) < 4.78 is 12.4. The van der Waals surface area contributed by atoms with Crippen molar-refractivity contribution in [3.8, 4) is 17.2 Å². The van der Waals surface area contributed by atoms with E-state index in [1.807, 2.05) is 78.9 Å². The molecule has 8 nitrogen and oxygen atoms in total. The highest BCUT2D eigenvalue weighted by Crippen LogP contribution is 2.65. The fourth-order valence-electron chi connectivity index (χ4n) is 9.20. The number of nitrogens with zero attached hydrogens (tertiary/aromatic N) is 1. The van der Waals surface area contributed by atoms with Crippen LogP contribution in [0, 0.1) is 27.2 Å². The molecule has 1 saturated carbocycles. The number of phenols is 1. The minimum absolute atomic E-state index is 0.159. The normalized spacial score (nSPS) is 26.9. The number of halogens is 1. The number of ketones is 2. The van der Waals surface area contributed by atoms with Crippen molar-refractivity contribution in [1.29, 1.82) is 0 Å². The van der Waals surface area contributed by atoms with Crippen LogP contribution < -0.4 is 14.4 Å². The number of ether oxygens (including phenoxy) is 2. The van der Waals surface area contributed by atoms with E-state index in [-0.39, 0.29) is 47.7 Å². The summed E-state index contributed by atoms with van der Waals surface area (Å²) >= 11 is 2.18. The molecule has 4 aromatic carbocycles. The maximum absolute atomic E-state index is 15.2. The standard InChI is InChI=1S/C42H34INO7/c1-50-27-19-33(45)37(34(20-27)51-2)38-28-17-18-29-36(41(49)44(40(29)48)26-15-13-25(43)14-16-26)31(28)21-32-39(47)30(23-9-5-3-6-10-23)22-35(46)42(32,38)24-11-7-4-8-12-24/h3-17,19-20,22,29,31-32,36,38,45H,18,21H2,1-2H3/t29-,31+,32-,36-,38+,42-/m0/s1. The largest absolute Gasteiger partial charge is 0.507 e. The Labute approximate surface area is 308 Å². The number of imide groups is 1. The van der Waals surface area contributed by atoms with Crippen molar-refractivity contribution >= 4 is 57.2 Å². The monoisotopic (exact) mass is 791 g/mol. The topological polar surface area (TPSA) is 110 Å². The first-order chi connectivity index (χ1) is 24.7. The second kappa shape index (κ2) is 12.6. The molecule has 1 saturated heterocycles. The fraction of sp³-hybridized carbons (Fsp3) is 0.238. The zero-order chi connectivity index (χ0) is 35.6. The molecule has 2 fully saturated rings. The van der Waals surface area contributed by atoms with E-state index in [1.54, 1.807) is 18.2 Å². The molecule has 6 atom stereocenters. The Balaban J connectivity index is 1.40. The maximum atomic E-state index is 15.2. The number of benzene rings is 4. The van der Waals surface area contributed by atoms with Gasteiger partial charge in [0.1, 0.15) is 17.2 Å². The number of allylic oxidation sites excluding steroid dienone is 4. The van der Waals surface area contributed by atoms with Crippen LogP contribution in [0.2, 0.25) is 0 Å². The van der Waals surface area contributed by atoms with Crippen LogP contribution in [0.3, 0.4) is 0 Å². The zero-order valence-corrected chi connectivity index (χ0v) is 30.1. The molecule has 0 radical (unpaired) electrons. The first-order valence-electron chi connectivity index (χ1n) is 16.9. The lowest BCUT2D eigenvalue weighted by Crippen LogP contribution is -2.58. The van der Waals surface area contributed by atoms with E-state index in [0.29, 0.717) is 33.7 Å². The molecular weight excluding hydrogens is 757 g/mol. The molecule has 0 spiro atoms. The van der Waals surface area contributed by atoms with Crippen molar-refractivity contribution in [2.45, 2.75) is 24.2 Å². The van der Waals surface area contributed by atoms with Crippen molar-refractivity contribution < 1.29 is 33.8 Å². The Morgan fingerprint density at radius 1 is 0.824 bits per heavy atom. The Morgan fingerprint density at radius 2 is 1.51 bits per heavy atom. The van der Waals surface area contributed by atoms with Crippen LogP contribution >= 0.6 is 22.6 Å². The van der Waals surface area contributed by atoms with Gasteiger partial charge in [0.25, 0.3) is 0 Å². The van der Waals surface area contributed by atoms with Gasteiger partial charge in [-0.25, -0.2) is 0 Å². The van der Waals surface area contributed by atoms with Crippen molar-refractivity contribution in [3.63, 3.8) is 0 Å². The Bertz CT molecular complexity index is 2160. The highest BCUT2D eigenvalue weighted by atomic mass is 127. The summed E-state index contributed by atoms with van der Waals surface area (Å²) in [6.07, 6.45) is 3.85. The van der Waals surface area contributed by atoms with Gasteiger partial charge in [-0.15, -0.1) is 0 Å². The van der Waals surface area contributed by atoms with Crippen molar-refractivity contribution in [2.75, 3.05) is 19.1 Å². The first kappa shape index (κ1) is 33.1. The predicted octanol–water partition coefficient (Wildman–Crippen LogP) is 7.04. The minimum Gasteiger partial charge on any atom is -0.507 e. The number of Topliss-reactive ketones (excluding diaryl/α,β-unsaturated/α-hetero) is 1. The van der Waals surface area contributed by atoms with Crippen LogP contribution in [0.1, 0.15) is 35.4 Å². The van der Waals surface area contributed by atoms with E-state index in [9.17, 15) is 14.7 Å². The molecule has 51 heavy (non-hydrogen) atoms. The first-order valence-corrected chi connectivity index (χ1v) is 18.0. The summed E-state index contributed by atoms with van der Waals surface area (Å²) in [5, 5.41) is 11.9. The smallest absolute Gasteiger partial charge is 0.238 e. The number of rotatable bonds is 6. The van der Waals surface area contributed by atoms with Crippen molar-refractivity contribution in [2.24, 2.45) is 23.7 Å². The van der Waals surface area contributed by atoms with Gasteiger partial charge in [-0.2, -0.15) is 0 Å². The van der Waals surface area contributed by atoms with E-state index in [4.69, 9.17) is 9.47 Å². The van der Waals surface area contributed by atoms with Gasteiger partial charge in [-0.05, 0) is 82.8 Å². The summed E-state index contributed by atoms with van der Waals surface area (Å²) in [6, 6.07) is 28.8. The SMILES string of the molecule is COc1cc(O)c([C@H]2C3=CC[C@@H]4C(=O)N(c5ccc(I)cc5)C(=O)[C@@H]4[C@@H]3C[C@H]3C(=O)C(c4ccccc4)=CC(=O)[C@@]23c2ccccc2)c(OC)c1. The molecular formula is C42H34INO7. The van der Waals surface area contributed by atoms with Gasteiger partial charge in [0.05, 0.1) is 37.2 Å². The number of hydrogen-bond donors (Lipinski definition) is 1. The Kier molecular flexibility index (Phi) is 8.21. The summed E-state index contributed by atoms with van der Waals surface area (Å²) in [4.78, 5) is 60.3. The Morgan fingerprint density at radius 3 is 2.18 bits per heavy atom. The molecule has 4 aliphatic rings. The summed E-state index contributed by atoms with van der Waals surface area (Å²) in [6.45, 7) is 0. The second-order valence-electron chi connectivity index (χ2n) is 13.5. The third-order valence-electron chi connectivity index (χ3n) is 11.3. The summed E-state index contributed by atoms with van der Waals surface area (Å²) in [5.74, 6) is -4.51. The summed E-state index contributed by atoms with van der Waals surface area (Å²) in [7, 11) is 2.96. The molecule has 0 unspecified atom stereocenters. The number of phenolic OH excluding ortho intramolecular Hbond substituents is 1. The molecule has 3 aliphatic carbocycles. The van der Waals surface area contributed by atoms with Crippen molar-refractivity contribution in [1.82, 2.24) is 0 Å². The van der Waals surface area contributed by atoms with Crippen LogP contribution in [0.25, 0.3) is 5.57 Å². The number of carbonyl (C=O) groups is 4. The van der Waals surface area contributed by atoms with Crippen LogP contribution in [0.15, 0.2) is 115 Å². The average molecular weight is 792 g/mol. The third kappa shape index (κ3) is 4.92. The van der Waals surface area contributed by atoms with E-state index >= 15 is 9.59 Å². The molecule has 1 heterocycles. The second-order valence-corrected chi connectivity index (χ2v) is 14.8. The van der Waals surface area contributed by atoms with E-state index < -0.39 is 35.0 Å². The zero-order valence-electron chi connectivity index (χ0n) is 27.9. The molecule has 0 bridgehead atoms. The quantitative estimate of drug-likeness (QED) is 0.127. The molecule has 4 aromatic rings. The van der Waals surface area contributed by atoms with Crippen molar-refractivity contribution in [3.05, 3.63) is 135 Å². The maximum Gasteiger partial charge on any atom is 0.238 e. The number of carbonyl (C=O) groups excluding carboxylic acids is 4. The third-order valence-corrected chi connectivity index (χ3v) is 12.0. The van der Waals surface area contributed by atoms with Gasteiger partial charge < -0.3 is 14.6 Å². The van der Waals surface area contributed by atoms with E-state index in [0.717, 1.165) is 9.14 Å². The number of fused-ring (bicyclic) bond motifs is 4. The van der Waals surface area contributed by atoms with Gasteiger partial charge in [-0.1, -0.05) is 72.3 Å². The summed E-state index contributed by atoms with van der Waals surface area (Å²) in [5.41, 5.74) is 1.60. The van der Waals surface area contributed by atoms with Crippen LogP contribution in [0.5, 0.6) is 17.2 Å². The van der Waals surface area contributed by atoms with Crippen LogP contribution in [-0.4, -0.2) is 42.7 Å². The molecule has 256 valence electrons. The van der Waals surface area contributed by atoms with E-state index in [2.05, 4.69) is 22.6 Å². The lowest BCUT2D eigenvalue weighted by molar-refractivity contribution is -0.135. The Hall–Kier alpha value is -5.03. The fourth-order valence-corrected chi connectivity index (χ4v) is 9.56. The van der Waals surface area contributed by atoms with Crippen LogP contribution in [-0.2, 0) is 24.6 Å². The highest BCUT2D eigenvalue weighted by molar-refractivity contribution is 14.1. The number of methoxy groups -OCH3 is 2. The molecule has 9 heteroatoms. The predicted molar refractivity (Wildman–Crippen MR) is 199 cm³/mol.